The zero-order valence-corrected chi connectivity index (χ0v) is 23.6. The standard InChI is InChI=1S/C31H27N3O7S/c1-20-15-16-26(28(17-20)34(37)38)32-30(35)29(22-9-4-3-5-10-22)41-31(36)24-12-8-13-25(19-24)42(39,40)33-21(2)18-23-11-6-7-14-27(23)33/h3-17,19,21,29H,18H2,1-2H3,(H,32,35). The second-order valence-corrected chi connectivity index (χ2v) is 11.8. The van der Waals surface area contributed by atoms with Gasteiger partial charge in [-0.1, -0.05) is 60.7 Å². The van der Waals surface area contributed by atoms with E-state index in [1.54, 1.807) is 55.5 Å². The Balaban J connectivity index is 1.43. The highest BCUT2D eigenvalue weighted by molar-refractivity contribution is 7.92. The lowest BCUT2D eigenvalue weighted by atomic mass is 10.1. The number of aryl methyl sites for hydroxylation is 1. The number of nitrogens with one attached hydrogen (secondary N) is 1. The number of esters is 1. The smallest absolute Gasteiger partial charge is 0.339 e. The number of nitro groups is 1. The first-order valence-corrected chi connectivity index (χ1v) is 14.5. The largest absolute Gasteiger partial charge is 0.444 e. The molecule has 1 aliphatic rings. The van der Waals surface area contributed by atoms with Crippen molar-refractivity contribution in [2.75, 3.05) is 9.62 Å². The average molecular weight is 586 g/mol. The second kappa shape index (κ2) is 11.5. The first kappa shape index (κ1) is 28.5. The maximum atomic E-state index is 13.7. The summed E-state index contributed by atoms with van der Waals surface area (Å²) >= 11 is 0. The molecule has 1 heterocycles. The Hall–Kier alpha value is -5.03. The number of hydrogen-bond acceptors (Lipinski definition) is 7. The molecule has 4 aromatic rings. The topological polar surface area (TPSA) is 136 Å². The number of anilines is 2. The number of benzene rings is 4. The molecule has 0 aromatic heterocycles. The summed E-state index contributed by atoms with van der Waals surface area (Å²) in [6.45, 7) is 3.50. The van der Waals surface area contributed by atoms with Crippen LogP contribution in [0.1, 0.15) is 40.1 Å². The van der Waals surface area contributed by atoms with Gasteiger partial charge in [0.1, 0.15) is 5.69 Å². The van der Waals surface area contributed by atoms with E-state index in [2.05, 4.69) is 5.32 Å². The van der Waals surface area contributed by atoms with Crippen molar-refractivity contribution in [1.29, 1.82) is 0 Å². The SMILES string of the molecule is Cc1ccc(NC(=O)C(OC(=O)c2cccc(S(=O)(=O)N3c4ccccc4CC3C)c2)c2ccccc2)c([N+](=O)[O-])c1. The maximum absolute atomic E-state index is 13.7. The van der Waals surface area contributed by atoms with Crippen LogP contribution >= 0.6 is 0 Å². The molecule has 0 bridgehead atoms. The number of carbonyl (C=O) groups excluding carboxylic acids is 2. The predicted molar refractivity (Wildman–Crippen MR) is 157 cm³/mol. The zero-order chi connectivity index (χ0) is 30.0. The third kappa shape index (κ3) is 5.59. The van der Waals surface area contributed by atoms with Crippen LogP contribution in [0, 0.1) is 17.0 Å². The van der Waals surface area contributed by atoms with Crippen molar-refractivity contribution in [2.45, 2.75) is 37.3 Å². The summed E-state index contributed by atoms with van der Waals surface area (Å²) < 4.78 is 34.4. The van der Waals surface area contributed by atoms with E-state index in [-0.39, 0.29) is 27.9 Å². The van der Waals surface area contributed by atoms with Crippen LogP contribution in [-0.2, 0) is 26.0 Å². The van der Waals surface area contributed by atoms with Crippen LogP contribution in [0.25, 0.3) is 0 Å². The normalized spacial score (nSPS) is 15.0. The molecule has 11 heteroatoms. The summed E-state index contributed by atoms with van der Waals surface area (Å²) in [5.41, 5.74) is 2.01. The van der Waals surface area contributed by atoms with Gasteiger partial charge in [-0.15, -0.1) is 0 Å². The number of carbonyl (C=O) groups is 2. The van der Waals surface area contributed by atoms with E-state index in [9.17, 15) is 28.1 Å². The van der Waals surface area contributed by atoms with Crippen molar-refractivity contribution in [3.63, 3.8) is 0 Å². The number of para-hydroxylation sites is 1. The highest BCUT2D eigenvalue weighted by Gasteiger charge is 2.36. The number of ether oxygens (including phenoxy) is 1. The molecule has 5 rings (SSSR count). The van der Waals surface area contributed by atoms with Gasteiger partial charge < -0.3 is 10.1 Å². The molecular formula is C31H27N3O7S. The molecule has 1 N–H and O–H groups in total. The van der Waals surface area contributed by atoms with Gasteiger partial charge in [-0.05, 0) is 61.7 Å². The van der Waals surface area contributed by atoms with Crippen molar-refractivity contribution in [3.05, 3.63) is 129 Å². The average Bonchev–Trinajstić information content (AvgIpc) is 3.33. The molecular weight excluding hydrogens is 558 g/mol. The van der Waals surface area contributed by atoms with E-state index in [1.165, 1.54) is 40.7 Å². The molecule has 214 valence electrons. The summed E-state index contributed by atoms with van der Waals surface area (Å²) in [7, 11) is -4.03. The van der Waals surface area contributed by atoms with Crippen LogP contribution in [0.2, 0.25) is 0 Å². The molecule has 4 aromatic carbocycles. The number of rotatable bonds is 8. The highest BCUT2D eigenvalue weighted by Crippen LogP contribution is 2.37. The predicted octanol–water partition coefficient (Wildman–Crippen LogP) is 5.58. The van der Waals surface area contributed by atoms with Crippen molar-refractivity contribution in [2.24, 2.45) is 0 Å². The van der Waals surface area contributed by atoms with Crippen LogP contribution in [0.5, 0.6) is 0 Å². The summed E-state index contributed by atoms with van der Waals surface area (Å²) in [5, 5.41) is 14.1. The summed E-state index contributed by atoms with van der Waals surface area (Å²) in [6, 6.07) is 24.9. The number of nitrogens with zero attached hydrogens (tertiary/aromatic N) is 2. The van der Waals surface area contributed by atoms with Gasteiger partial charge in [-0.25, -0.2) is 13.2 Å². The van der Waals surface area contributed by atoms with Gasteiger partial charge in [0.2, 0.25) is 6.10 Å². The summed E-state index contributed by atoms with van der Waals surface area (Å²) in [6.07, 6.45) is -0.921. The quantitative estimate of drug-likeness (QED) is 0.162. The van der Waals surface area contributed by atoms with Gasteiger partial charge in [0, 0.05) is 17.7 Å². The maximum Gasteiger partial charge on any atom is 0.339 e. The van der Waals surface area contributed by atoms with Crippen molar-refractivity contribution >= 4 is 39.0 Å². The van der Waals surface area contributed by atoms with Gasteiger partial charge >= 0.3 is 5.97 Å². The molecule has 0 fully saturated rings. The monoisotopic (exact) mass is 585 g/mol. The van der Waals surface area contributed by atoms with Crippen LogP contribution in [0.4, 0.5) is 17.1 Å². The number of fused-ring (bicyclic) bond motifs is 1. The molecule has 2 unspecified atom stereocenters. The molecule has 0 aliphatic carbocycles. The van der Waals surface area contributed by atoms with Gasteiger partial charge in [-0.2, -0.15) is 0 Å². The molecule has 2 atom stereocenters. The summed E-state index contributed by atoms with van der Waals surface area (Å²) in [4.78, 5) is 37.6. The van der Waals surface area contributed by atoms with Crippen LogP contribution in [0.15, 0.2) is 102 Å². The lowest BCUT2D eigenvalue weighted by Crippen LogP contribution is -2.35. The fourth-order valence-corrected chi connectivity index (χ4v) is 6.71. The molecule has 1 amide bonds. The van der Waals surface area contributed by atoms with Crippen LogP contribution in [0.3, 0.4) is 0 Å². The minimum absolute atomic E-state index is 0.0549. The molecule has 1 aliphatic heterocycles. The van der Waals surface area contributed by atoms with Crippen molar-refractivity contribution in [1.82, 2.24) is 0 Å². The van der Waals surface area contributed by atoms with E-state index < -0.39 is 32.9 Å². The molecule has 10 nitrogen and oxygen atoms in total. The Morgan fingerprint density at radius 3 is 2.43 bits per heavy atom. The molecule has 0 saturated heterocycles. The molecule has 0 saturated carbocycles. The van der Waals surface area contributed by atoms with Gasteiger partial charge in [0.15, 0.2) is 0 Å². The minimum atomic E-state index is -4.03. The van der Waals surface area contributed by atoms with Gasteiger partial charge in [0.25, 0.3) is 21.6 Å². The fourth-order valence-electron chi connectivity index (χ4n) is 4.97. The lowest BCUT2D eigenvalue weighted by Gasteiger charge is -2.24. The Labute approximate surface area is 242 Å². The first-order chi connectivity index (χ1) is 20.1. The third-order valence-electron chi connectivity index (χ3n) is 6.94. The molecule has 0 radical (unpaired) electrons. The highest BCUT2D eigenvalue weighted by atomic mass is 32.2. The van der Waals surface area contributed by atoms with Gasteiger partial charge in [0.05, 0.1) is 21.1 Å². The number of nitro benzene ring substituents is 1. The molecule has 0 spiro atoms. The van der Waals surface area contributed by atoms with Crippen LogP contribution in [-0.4, -0.2) is 31.3 Å². The Morgan fingerprint density at radius 1 is 0.976 bits per heavy atom. The number of amides is 1. The number of hydrogen-bond donors (Lipinski definition) is 1. The van der Waals surface area contributed by atoms with Crippen LogP contribution < -0.4 is 9.62 Å². The summed E-state index contributed by atoms with van der Waals surface area (Å²) in [5.74, 6) is -1.75. The minimum Gasteiger partial charge on any atom is -0.444 e. The van der Waals surface area contributed by atoms with Crippen molar-refractivity contribution in [3.8, 4) is 0 Å². The first-order valence-electron chi connectivity index (χ1n) is 13.1. The third-order valence-corrected chi connectivity index (χ3v) is 8.87. The Kier molecular flexibility index (Phi) is 7.77. The lowest BCUT2D eigenvalue weighted by molar-refractivity contribution is -0.384. The second-order valence-electron chi connectivity index (χ2n) is 9.97. The fraction of sp³-hybridized carbons (Fsp3) is 0.161. The van der Waals surface area contributed by atoms with E-state index in [0.29, 0.717) is 23.2 Å². The van der Waals surface area contributed by atoms with Gasteiger partial charge in [-0.3, -0.25) is 19.2 Å². The van der Waals surface area contributed by atoms with Crippen molar-refractivity contribution < 1.29 is 27.7 Å². The van der Waals surface area contributed by atoms with E-state index in [4.69, 9.17) is 4.74 Å². The number of sulfonamides is 1. The van der Waals surface area contributed by atoms with E-state index >= 15 is 0 Å². The zero-order valence-electron chi connectivity index (χ0n) is 22.8. The van der Waals surface area contributed by atoms with E-state index in [0.717, 1.165) is 5.56 Å². The molecule has 42 heavy (non-hydrogen) atoms. The van der Waals surface area contributed by atoms with E-state index in [1.807, 2.05) is 19.1 Å². The Bertz CT molecular complexity index is 1790. The Morgan fingerprint density at radius 2 is 1.69 bits per heavy atom.